The zero-order valence-corrected chi connectivity index (χ0v) is 13.2. The monoisotopic (exact) mass is 279 g/mol. The van der Waals surface area contributed by atoms with Gasteiger partial charge >= 0.3 is 0 Å². The summed E-state index contributed by atoms with van der Waals surface area (Å²) in [4.78, 5) is 0. The molecule has 0 saturated carbocycles. The second kappa shape index (κ2) is 9.65. The molecule has 2 N–H and O–H groups in total. The van der Waals surface area contributed by atoms with E-state index in [2.05, 4.69) is 32.9 Å². The summed E-state index contributed by atoms with van der Waals surface area (Å²) < 4.78 is 11.6. The highest BCUT2D eigenvalue weighted by atomic mass is 16.5. The first-order chi connectivity index (χ1) is 9.72. The lowest BCUT2D eigenvalue weighted by Crippen LogP contribution is -2.04. The Bertz CT molecular complexity index is 379. The number of ether oxygens (including phenoxy) is 2. The van der Waals surface area contributed by atoms with Gasteiger partial charge in [-0.15, -0.1) is 0 Å². The van der Waals surface area contributed by atoms with Crippen molar-refractivity contribution in [3.8, 4) is 11.5 Å². The third-order valence-corrected chi connectivity index (χ3v) is 3.30. The molecule has 1 aromatic carbocycles. The molecule has 1 aromatic rings. The lowest BCUT2D eigenvalue weighted by Gasteiger charge is -2.16. The molecule has 3 heteroatoms. The summed E-state index contributed by atoms with van der Waals surface area (Å²) in [5.74, 6) is 2.23. The maximum atomic E-state index is 5.83. The maximum Gasteiger partial charge on any atom is 0.161 e. The SMILES string of the molecule is CCCOc1ccc(C(C)CCCN)cc1OCCC. The highest BCUT2D eigenvalue weighted by Gasteiger charge is 2.11. The molecule has 0 saturated heterocycles. The Morgan fingerprint density at radius 3 is 2.30 bits per heavy atom. The molecule has 0 aliphatic rings. The van der Waals surface area contributed by atoms with Crippen molar-refractivity contribution in [1.29, 1.82) is 0 Å². The molecule has 0 spiro atoms. The van der Waals surface area contributed by atoms with Crippen LogP contribution in [0, 0.1) is 0 Å². The van der Waals surface area contributed by atoms with Gasteiger partial charge in [-0.2, -0.15) is 0 Å². The van der Waals surface area contributed by atoms with Crippen LogP contribution < -0.4 is 15.2 Å². The van der Waals surface area contributed by atoms with Crippen LogP contribution in [-0.2, 0) is 0 Å². The van der Waals surface area contributed by atoms with Crippen molar-refractivity contribution in [1.82, 2.24) is 0 Å². The Kier molecular flexibility index (Phi) is 8.12. The van der Waals surface area contributed by atoms with E-state index < -0.39 is 0 Å². The Morgan fingerprint density at radius 2 is 1.70 bits per heavy atom. The van der Waals surface area contributed by atoms with Crippen LogP contribution in [0.1, 0.15) is 57.9 Å². The summed E-state index contributed by atoms with van der Waals surface area (Å²) in [7, 11) is 0. The molecule has 0 amide bonds. The van der Waals surface area contributed by atoms with Crippen LogP contribution in [0.4, 0.5) is 0 Å². The van der Waals surface area contributed by atoms with Gasteiger partial charge in [-0.05, 0) is 55.8 Å². The number of hydrogen-bond donors (Lipinski definition) is 1. The summed E-state index contributed by atoms with van der Waals surface area (Å²) in [6.45, 7) is 8.66. The lowest BCUT2D eigenvalue weighted by molar-refractivity contribution is 0.268. The predicted octanol–water partition coefficient (Wildman–Crippen LogP) is 4.11. The first kappa shape index (κ1) is 16.8. The van der Waals surface area contributed by atoms with Crippen molar-refractivity contribution in [2.45, 2.75) is 52.4 Å². The molecule has 1 rings (SSSR count). The van der Waals surface area contributed by atoms with E-state index in [4.69, 9.17) is 15.2 Å². The second-order valence-corrected chi connectivity index (χ2v) is 5.24. The minimum atomic E-state index is 0.503. The van der Waals surface area contributed by atoms with Crippen molar-refractivity contribution in [3.05, 3.63) is 23.8 Å². The summed E-state index contributed by atoms with van der Waals surface area (Å²) in [5, 5.41) is 0. The van der Waals surface area contributed by atoms with E-state index in [1.165, 1.54) is 5.56 Å². The van der Waals surface area contributed by atoms with Crippen LogP contribution in [0.5, 0.6) is 11.5 Å². The van der Waals surface area contributed by atoms with Gasteiger partial charge in [0.25, 0.3) is 0 Å². The zero-order chi connectivity index (χ0) is 14.8. The van der Waals surface area contributed by atoms with E-state index in [0.717, 1.165) is 56.9 Å². The predicted molar refractivity (Wildman–Crippen MR) is 84.7 cm³/mol. The minimum Gasteiger partial charge on any atom is -0.490 e. The normalized spacial score (nSPS) is 12.2. The molecule has 1 unspecified atom stereocenters. The van der Waals surface area contributed by atoms with Gasteiger partial charge in [0.05, 0.1) is 13.2 Å². The van der Waals surface area contributed by atoms with Gasteiger partial charge in [-0.1, -0.05) is 26.8 Å². The van der Waals surface area contributed by atoms with Crippen LogP contribution in [0.25, 0.3) is 0 Å². The van der Waals surface area contributed by atoms with Crippen LogP contribution in [0.2, 0.25) is 0 Å². The average molecular weight is 279 g/mol. The van der Waals surface area contributed by atoms with Gasteiger partial charge in [0.15, 0.2) is 11.5 Å². The quantitative estimate of drug-likeness (QED) is 0.701. The summed E-state index contributed by atoms with van der Waals surface area (Å²) in [6, 6.07) is 6.31. The fourth-order valence-electron chi connectivity index (χ4n) is 2.08. The third-order valence-electron chi connectivity index (χ3n) is 3.30. The first-order valence-corrected chi connectivity index (χ1v) is 7.82. The Hall–Kier alpha value is -1.22. The van der Waals surface area contributed by atoms with Gasteiger partial charge in [-0.3, -0.25) is 0 Å². The maximum absolute atomic E-state index is 5.83. The molecule has 0 aliphatic heterocycles. The van der Waals surface area contributed by atoms with E-state index in [-0.39, 0.29) is 0 Å². The Morgan fingerprint density at radius 1 is 1.05 bits per heavy atom. The summed E-state index contributed by atoms with van der Waals surface area (Å²) in [6.07, 6.45) is 4.17. The van der Waals surface area contributed by atoms with Crippen LogP contribution >= 0.6 is 0 Å². The van der Waals surface area contributed by atoms with Gasteiger partial charge in [-0.25, -0.2) is 0 Å². The molecule has 3 nitrogen and oxygen atoms in total. The molecule has 114 valence electrons. The standard InChI is InChI=1S/C17H29NO2/c1-4-11-19-16-9-8-15(14(3)7-6-10-18)13-17(16)20-12-5-2/h8-9,13-14H,4-7,10-12,18H2,1-3H3. The van der Waals surface area contributed by atoms with Crippen molar-refractivity contribution in [2.75, 3.05) is 19.8 Å². The van der Waals surface area contributed by atoms with E-state index in [0.29, 0.717) is 5.92 Å². The molecule has 0 radical (unpaired) electrons. The topological polar surface area (TPSA) is 44.5 Å². The van der Waals surface area contributed by atoms with E-state index in [1.807, 2.05) is 6.07 Å². The smallest absolute Gasteiger partial charge is 0.161 e. The molecular formula is C17H29NO2. The molecule has 0 aromatic heterocycles. The third kappa shape index (κ3) is 5.41. The summed E-state index contributed by atoms with van der Waals surface area (Å²) >= 11 is 0. The van der Waals surface area contributed by atoms with Crippen LogP contribution in [0.3, 0.4) is 0 Å². The molecule has 1 atom stereocenters. The van der Waals surface area contributed by atoms with Crippen molar-refractivity contribution < 1.29 is 9.47 Å². The van der Waals surface area contributed by atoms with E-state index in [9.17, 15) is 0 Å². The number of nitrogens with two attached hydrogens (primary N) is 1. The molecule has 0 heterocycles. The highest BCUT2D eigenvalue weighted by molar-refractivity contribution is 5.44. The fraction of sp³-hybridized carbons (Fsp3) is 0.647. The van der Waals surface area contributed by atoms with Crippen molar-refractivity contribution >= 4 is 0 Å². The van der Waals surface area contributed by atoms with Gasteiger partial charge < -0.3 is 15.2 Å². The van der Waals surface area contributed by atoms with E-state index >= 15 is 0 Å². The van der Waals surface area contributed by atoms with Gasteiger partial charge in [0.2, 0.25) is 0 Å². The lowest BCUT2D eigenvalue weighted by atomic mass is 9.96. The average Bonchev–Trinajstić information content (AvgIpc) is 2.48. The van der Waals surface area contributed by atoms with Crippen molar-refractivity contribution in [2.24, 2.45) is 5.73 Å². The van der Waals surface area contributed by atoms with Crippen molar-refractivity contribution in [3.63, 3.8) is 0 Å². The van der Waals surface area contributed by atoms with Crippen LogP contribution in [-0.4, -0.2) is 19.8 Å². The Labute approximate surface area is 123 Å². The summed E-state index contributed by atoms with van der Waals surface area (Å²) in [5.41, 5.74) is 6.88. The van der Waals surface area contributed by atoms with Gasteiger partial charge in [0.1, 0.15) is 0 Å². The number of rotatable bonds is 10. The molecule has 20 heavy (non-hydrogen) atoms. The minimum absolute atomic E-state index is 0.503. The van der Waals surface area contributed by atoms with Gasteiger partial charge in [0, 0.05) is 0 Å². The molecule has 0 bridgehead atoms. The second-order valence-electron chi connectivity index (χ2n) is 5.24. The number of hydrogen-bond acceptors (Lipinski definition) is 3. The van der Waals surface area contributed by atoms with E-state index in [1.54, 1.807) is 0 Å². The van der Waals surface area contributed by atoms with Crippen LogP contribution in [0.15, 0.2) is 18.2 Å². The largest absolute Gasteiger partial charge is 0.490 e. The molecule has 0 fully saturated rings. The molecule has 0 aliphatic carbocycles. The first-order valence-electron chi connectivity index (χ1n) is 7.82. The zero-order valence-electron chi connectivity index (χ0n) is 13.2. The highest BCUT2D eigenvalue weighted by Crippen LogP contribution is 2.32. The number of benzene rings is 1. The Balaban J connectivity index is 2.82. The fourth-order valence-corrected chi connectivity index (χ4v) is 2.08. The molecular weight excluding hydrogens is 250 g/mol.